The Labute approximate surface area is 125 Å². The van der Waals surface area contributed by atoms with Crippen molar-refractivity contribution < 1.29 is 9.53 Å². The lowest BCUT2D eigenvalue weighted by Gasteiger charge is -2.07. The Morgan fingerprint density at radius 1 is 1.30 bits per heavy atom. The Balaban J connectivity index is 2.27. The van der Waals surface area contributed by atoms with Crippen molar-refractivity contribution in [2.45, 2.75) is 6.92 Å². The van der Waals surface area contributed by atoms with Gasteiger partial charge in [-0.15, -0.1) is 0 Å². The lowest BCUT2D eigenvalue weighted by molar-refractivity contribution is 0.102. The molecular formula is C12H10Cl2N4O2. The zero-order chi connectivity index (χ0) is 14.7. The summed E-state index contributed by atoms with van der Waals surface area (Å²) in [4.78, 5) is 24.0. The first kappa shape index (κ1) is 14.5. The molecule has 2 aromatic heterocycles. The molecule has 0 aliphatic carbocycles. The Morgan fingerprint density at radius 2 is 2.05 bits per heavy atom. The number of nitrogens with zero attached hydrogens (tertiary/aromatic N) is 3. The number of amides is 1. The maximum atomic E-state index is 12.1. The van der Waals surface area contributed by atoms with Gasteiger partial charge >= 0.3 is 0 Å². The normalized spacial score (nSPS) is 10.2. The third-order valence-electron chi connectivity index (χ3n) is 2.33. The Kier molecular flexibility index (Phi) is 4.36. The van der Waals surface area contributed by atoms with Crippen molar-refractivity contribution in [3.8, 4) is 5.88 Å². The third kappa shape index (κ3) is 3.34. The molecule has 6 nitrogen and oxygen atoms in total. The minimum atomic E-state index is -0.480. The van der Waals surface area contributed by atoms with Crippen LogP contribution in [-0.2, 0) is 0 Å². The topological polar surface area (TPSA) is 77.0 Å². The number of aromatic nitrogens is 3. The molecule has 2 heterocycles. The fourth-order valence-electron chi connectivity index (χ4n) is 1.46. The smallest absolute Gasteiger partial charge is 0.259 e. The molecule has 0 bridgehead atoms. The highest BCUT2D eigenvalue weighted by atomic mass is 35.5. The number of hydrogen-bond acceptors (Lipinski definition) is 5. The van der Waals surface area contributed by atoms with Gasteiger partial charge in [-0.2, -0.15) is 4.98 Å². The minimum absolute atomic E-state index is 0.121. The number of aryl methyl sites for hydroxylation is 1. The summed E-state index contributed by atoms with van der Waals surface area (Å²) in [5, 5.41) is 2.89. The van der Waals surface area contributed by atoms with Gasteiger partial charge in [-0.1, -0.05) is 23.2 Å². The Hall–Kier alpha value is -1.92. The van der Waals surface area contributed by atoms with E-state index >= 15 is 0 Å². The van der Waals surface area contributed by atoms with Crippen LogP contribution in [0.4, 0.5) is 5.95 Å². The Morgan fingerprint density at radius 3 is 2.75 bits per heavy atom. The maximum Gasteiger partial charge on any atom is 0.259 e. The van der Waals surface area contributed by atoms with Gasteiger partial charge in [0.05, 0.1) is 17.7 Å². The molecule has 2 aromatic rings. The van der Waals surface area contributed by atoms with E-state index in [0.29, 0.717) is 11.6 Å². The van der Waals surface area contributed by atoms with Crippen molar-refractivity contribution in [3.05, 3.63) is 39.8 Å². The number of ether oxygens (including phenoxy) is 1. The van der Waals surface area contributed by atoms with E-state index in [4.69, 9.17) is 27.9 Å². The van der Waals surface area contributed by atoms with E-state index in [-0.39, 0.29) is 21.7 Å². The summed E-state index contributed by atoms with van der Waals surface area (Å²) in [5.74, 6) is -0.00513. The van der Waals surface area contributed by atoms with E-state index < -0.39 is 5.91 Å². The highest BCUT2D eigenvalue weighted by Crippen LogP contribution is 2.19. The van der Waals surface area contributed by atoms with Crippen LogP contribution in [0.1, 0.15) is 16.1 Å². The molecule has 0 aromatic carbocycles. The minimum Gasteiger partial charge on any atom is -0.481 e. The summed E-state index contributed by atoms with van der Waals surface area (Å²) in [5.41, 5.74) is 0.849. The van der Waals surface area contributed by atoms with Crippen LogP contribution in [0.2, 0.25) is 10.2 Å². The predicted molar refractivity (Wildman–Crippen MR) is 75.5 cm³/mol. The summed E-state index contributed by atoms with van der Waals surface area (Å²) in [7, 11) is 1.48. The number of anilines is 1. The van der Waals surface area contributed by atoms with Gasteiger partial charge in [0.15, 0.2) is 0 Å². The van der Waals surface area contributed by atoms with Crippen molar-refractivity contribution in [2.24, 2.45) is 0 Å². The molecule has 0 aliphatic heterocycles. The zero-order valence-electron chi connectivity index (χ0n) is 10.6. The molecule has 20 heavy (non-hydrogen) atoms. The first-order valence-electron chi connectivity index (χ1n) is 5.51. The Bertz CT molecular complexity index is 664. The molecule has 0 fully saturated rings. The van der Waals surface area contributed by atoms with Gasteiger partial charge in [0, 0.05) is 18.0 Å². The highest BCUT2D eigenvalue weighted by Gasteiger charge is 2.14. The number of rotatable bonds is 3. The van der Waals surface area contributed by atoms with Gasteiger partial charge in [0.25, 0.3) is 5.91 Å². The monoisotopic (exact) mass is 312 g/mol. The fourth-order valence-corrected chi connectivity index (χ4v) is 1.80. The summed E-state index contributed by atoms with van der Waals surface area (Å²) in [6.45, 7) is 1.76. The number of carbonyl (C=O) groups excluding carboxylic acids is 1. The average Bonchev–Trinajstić information content (AvgIpc) is 2.40. The van der Waals surface area contributed by atoms with Crippen molar-refractivity contribution in [1.29, 1.82) is 0 Å². The number of nitrogens with one attached hydrogen (secondary N) is 1. The summed E-state index contributed by atoms with van der Waals surface area (Å²) in [6.07, 6.45) is 1.30. The number of hydrogen-bond donors (Lipinski definition) is 1. The number of carbonyl (C=O) groups is 1. The van der Waals surface area contributed by atoms with Crippen molar-refractivity contribution in [3.63, 3.8) is 0 Å². The van der Waals surface area contributed by atoms with Gasteiger partial charge in [-0.3, -0.25) is 10.1 Å². The van der Waals surface area contributed by atoms with Crippen LogP contribution >= 0.6 is 23.2 Å². The highest BCUT2D eigenvalue weighted by molar-refractivity contribution is 6.35. The summed E-state index contributed by atoms with van der Waals surface area (Å²) >= 11 is 11.6. The van der Waals surface area contributed by atoms with Gasteiger partial charge in [0.2, 0.25) is 11.8 Å². The van der Waals surface area contributed by atoms with Crippen molar-refractivity contribution in [2.75, 3.05) is 12.4 Å². The molecule has 1 amide bonds. The predicted octanol–water partition coefficient (Wildman–Crippen LogP) is 2.75. The lowest BCUT2D eigenvalue weighted by atomic mass is 10.2. The van der Waals surface area contributed by atoms with E-state index in [1.54, 1.807) is 13.0 Å². The molecule has 8 heteroatoms. The molecular weight excluding hydrogens is 303 g/mol. The number of methoxy groups -OCH3 is 1. The third-order valence-corrected chi connectivity index (χ3v) is 2.84. The van der Waals surface area contributed by atoms with E-state index in [9.17, 15) is 4.79 Å². The first-order chi connectivity index (χ1) is 9.49. The maximum absolute atomic E-state index is 12.1. The number of pyridine rings is 1. The lowest BCUT2D eigenvalue weighted by Crippen LogP contribution is -2.15. The zero-order valence-corrected chi connectivity index (χ0v) is 12.2. The molecule has 2 rings (SSSR count). The van der Waals surface area contributed by atoms with Gasteiger partial charge in [0.1, 0.15) is 5.15 Å². The summed E-state index contributed by atoms with van der Waals surface area (Å²) < 4.78 is 5.01. The molecule has 104 valence electrons. The van der Waals surface area contributed by atoms with Crippen LogP contribution in [0, 0.1) is 6.92 Å². The van der Waals surface area contributed by atoms with E-state index in [0.717, 1.165) is 0 Å². The second-order valence-electron chi connectivity index (χ2n) is 3.82. The molecule has 0 saturated heterocycles. The standard InChI is InChI=1S/C12H10Cl2N4O2/c1-6-3-10(20-2)17-12(16-6)18-11(19)7-4-9(14)15-5-8(7)13/h3-5H,1-2H3,(H,16,17,18,19). The second kappa shape index (κ2) is 6.02. The average molecular weight is 313 g/mol. The second-order valence-corrected chi connectivity index (χ2v) is 4.61. The van der Waals surface area contributed by atoms with Crippen LogP contribution in [0.3, 0.4) is 0 Å². The molecule has 0 unspecified atom stereocenters. The van der Waals surface area contributed by atoms with Gasteiger partial charge in [-0.25, -0.2) is 9.97 Å². The molecule has 1 N–H and O–H groups in total. The van der Waals surface area contributed by atoms with Crippen LogP contribution in [0.25, 0.3) is 0 Å². The van der Waals surface area contributed by atoms with E-state index in [2.05, 4.69) is 20.3 Å². The van der Waals surface area contributed by atoms with Crippen LogP contribution in [0.5, 0.6) is 5.88 Å². The molecule has 0 saturated carbocycles. The summed E-state index contributed by atoms with van der Waals surface area (Å²) in [6, 6.07) is 3.01. The van der Waals surface area contributed by atoms with Gasteiger partial charge in [-0.05, 0) is 13.0 Å². The molecule has 0 radical (unpaired) electrons. The first-order valence-corrected chi connectivity index (χ1v) is 6.27. The van der Waals surface area contributed by atoms with Crippen LogP contribution in [-0.4, -0.2) is 28.0 Å². The largest absolute Gasteiger partial charge is 0.481 e. The van der Waals surface area contributed by atoms with Crippen LogP contribution in [0.15, 0.2) is 18.3 Å². The van der Waals surface area contributed by atoms with Gasteiger partial charge < -0.3 is 4.74 Å². The number of halogens is 2. The van der Waals surface area contributed by atoms with Crippen molar-refractivity contribution >= 4 is 35.1 Å². The SMILES string of the molecule is COc1cc(C)nc(NC(=O)c2cc(Cl)ncc2Cl)n1. The van der Waals surface area contributed by atoms with Crippen molar-refractivity contribution in [1.82, 2.24) is 15.0 Å². The quantitative estimate of drug-likeness (QED) is 0.882. The molecule has 0 spiro atoms. The van der Waals surface area contributed by atoms with Crippen LogP contribution < -0.4 is 10.1 Å². The van der Waals surface area contributed by atoms with E-state index in [1.165, 1.54) is 19.4 Å². The molecule has 0 atom stereocenters. The molecule has 0 aliphatic rings. The van der Waals surface area contributed by atoms with E-state index in [1.807, 2.05) is 0 Å². The fraction of sp³-hybridized carbons (Fsp3) is 0.167.